The van der Waals surface area contributed by atoms with E-state index in [0.717, 1.165) is 18.5 Å². The third-order valence-corrected chi connectivity index (χ3v) is 4.40. The quantitative estimate of drug-likeness (QED) is 0.680. The Hall–Kier alpha value is -2.04. The van der Waals surface area contributed by atoms with Crippen molar-refractivity contribution >= 4 is 11.8 Å². The van der Waals surface area contributed by atoms with Gasteiger partial charge in [0.05, 0.1) is 6.54 Å². The number of hydrogen-bond donors (Lipinski definition) is 0. The number of nitrogens with zero attached hydrogens (tertiary/aromatic N) is 3. The standard InChI is InChI=1S/C20H31N3O2/c1-6-11-22(18(24)13-20(2,3)4)15-19(25)23(16-9-10-16)14-17-8-7-12-21(17)5/h6-8,12,16H,1,9-11,13-15H2,2-5H3. The van der Waals surface area contributed by atoms with Crippen LogP contribution in [0.2, 0.25) is 0 Å². The average Bonchev–Trinajstić information content (AvgIpc) is 3.25. The van der Waals surface area contributed by atoms with Crippen LogP contribution in [0.3, 0.4) is 0 Å². The first-order valence-corrected chi connectivity index (χ1v) is 8.99. The molecule has 0 radical (unpaired) electrons. The highest BCUT2D eigenvalue weighted by atomic mass is 16.2. The van der Waals surface area contributed by atoms with Crippen molar-refractivity contribution < 1.29 is 9.59 Å². The van der Waals surface area contributed by atoms with Gasteiger partial charge in [0.2, 0.25) is 11.8 Å². The van der Waals surface area contributed by atoms with Crippen molar-refractivity contribution in [2.45, 2.75) is 52.6 Å². The number of carbonyl (C=O) groups is 2. The molecule has 1 aliphatic carbocycles. The summed E-state index contributed by atoms with van der Waals surface area (Å²) in [6.07, 6.45) is 6.20. The Morgan fingerprint density at radius 3 is 2.48 bits per heavy atom. The number of aryl methyl sites for hydroxylation is 1. The fourth-order valence-electron chi connectivity index (χ4n) is 2.87. The Bertz CT molecular complexity index is 623. The van der Waals surface area contributed by atoms with Gasteiger partial charge in [0.25, 0.3) is 0 Å². The molecule has 1 fully saturated rings. The summed E-state index contributed by atoms with van der Waals surface area (Å²) >= 11 is 0. The van der Waals surface area contributed by atoms with Gasteiger partial charge in [-0.15, -0.1) is 6.58 Å². The molecule has 1 aromatic heterocycles. The van der Waals surface area contributed by atoms with Crippen molar-refractivity contribution in [1.29, 1.82) is 0 Å². The molecule has 2 rings (SSSR count). The van der Waals surface area contributed by atoms with Crippen molar-refractivity contribution in [2.75, 3.05) is 13.1 Å². The van der Waals surface area contributed by atoms with Crippen LogP contribution in [0.15, 0.2) is 31.0 Å². The highest BCUT2D eigenvalue weighted by Gasteiger charge is 2.34. The Morgan fingerprint density at radius 1 is 1.32 bits per heavy atom. The summed E-state index contributed by atoms with van der Waals surface area (Å²) in [4.78, 5) is 29.0. The number of amides is 2. The Morgan fingerprint density at radius 2 is 2.00 bits per heavy atom. The highest BCUT2D eigenvalue weighted by Crippen LogP contribution is 2.29. The van der Waals surface area contributed by atoms with E-state index in [9.17, 15) is 9.59 Å². The minimum atomic E-state index is -0.0984. The van der Waals surface area contributed by atoms with Crippen LogP contribution in [0, 0.1) is 5.41 Å². The zero-order valence-electron chi connectivity index (χ0n) is 16.0. The van der Waals surface area contributed by atoms with Gasteiger partial charge in [-0.1, -0.05) is 26.8 Å². The second-order valence-electron chi connectivity index (χ2n) is 8.16. The van der Waals surface area contributed by atoms with E-state index in [4.69, 9.17) is 0 Å². The molecule has 0 aromatic carbocycles. The second-order valence-corrected chi connectivity index (χ2v) is 8.16. The summed E-state index contributed by atoms with van der Waals surface area (Å²) in [5.74, 6) is 0.0307. The molecular formula is C20H31N3O2. The van der Waals surface area contributed by atoms with Crippen molar-refractivity contribution in [3.05, 3.63) is 36.7 Å². The van der Waals surface area contributed by atoms with Crippen molar-refractivity contribution in [3.63, 3.8) is 0 Å². The Labute approximate surface area is 151 Å². The molecule has 138 valence electrons. The van der Waals surface area contributed by atoms with Gasteiger partial charge in [-0.05, 0) is 30.4 Å². The van der Waals surface area contributed by atoms with Crippen LogP contribution in [0.1, 0.15) is 45.7 Å². The first kappa shape index (κ1) is 19.3. The van der Waals surface area contributed by atoms with Crippen molar-refractivity contribution in [1.82, 2.24) is 14.4 Å². The van der Waals surface area contributed by atoms with E-state index in [0.29, 0.717) is 25.6 Å². The maximum atomic E-state index is 12.9. The van der Waals surface area contributed by atoms with E-state index in [2.05, 4.69) is 6.58 Å². The van der Waals surface area contributed by atoms with Gasteiger partial charge in [-0.25, -0.2) is 0 Å². The van der Waals surface area contributed by atoms with Gasteiger partial charge in [-0.2, -0.15) is 0 Å². The van der Waals surface area contributed by atoms with Crippen LogP contribution >= 0.6 is 0 Å². The van der Waals surface area contributed by atoms with Gasteiger partial charge < -0.3 is 14.4 Å². The summed E-state index contributed by atoms with van der Waals surface area (Å²) in [7, 11) is 1.99. The van der Waals surface area contributed by atoms with E-state index < -0.39 is 0 Å². The molecule has 0 saturated heterocycles. The zero-order valence-corrected chi connectivity index (χ0v) is 16.0. The summed E-state index contributed by atoms with van der Waals surface area (Å²) in [6, 6.07) is 4.34. The van der Waals surface area contributed by atoms with Gasteiger partial charge in [-0.3, -0.25) is 9.59 Å². The lowest BCUT2D eigenvalue weighted by Gasteiger charge is -2.29. The normalized spacial score (nSPS) is 14.2. The van der Waals surface area contributed by atoms with E-state index in [-0.39, 0.29) is 23.8 Å². The molecule has 0 atom stereocenters. The van der Waals surface area contributed by atoms with Gasteiger partial charge >= 0.3 is 0 Å². The summed E-state index contributed by atoms with van der Waals surface area (Å²) in [5, 5.41) is 0. The predicted molar refractivity (Wildman–Crippen MR) is 99.8 cm³/mol. The third-order valence-electron chi connectivity index (χ3n) is 4.40. The topological polar surface area (TPSA) is 45.6 Å². The molecule has 1 aliphatic rings. The van der Waals surface area contributed by atoms with E-state index in [1.807, 2.05) is 55.6 Å². The molecule has 1 heterocycles. The highest BCUT2D eigenvalue weighted by molar-refractivity contribution is 5.85. The molecule has 2 amide bonds. The maximum absolute atomic E-state index is 12.9. The van der Waals surface area contributed by atoms with Gasteiger partial charge in [0, 0.05) is 37.9 Å². The molecule has 0 N–H and O–H groups in total. The molecule has 1 saturated carbocycles. The molecule has 0 bridgehead atoms. The zero-order chi connectivity index (χ0) is 18.6. The Kier molecular flexibility index (Phi) is 6.09. The molecule has 5 heteroatoms. The lowest BCUT2D eigenvalue weighted by Crippen LogP contribution is -2.44. The van der Waals surface area contributed by atoms with Gasteiger partial charge in [0.15, 0.2) is 0 Å². The Balaban J connectivity index is 2.05. The van der Waals surface area contributed by atoms with Crippen molar-refractivity contribution in [3.8, 4) is 0 Å². The first-order valence-electron chi connectivity index (χ1n) is 8.99. The largest absolute Gasteiger partial charge is 0.353 e. The minimum absolute atomic E-state index is 0.00960. The minimum Gasteiger partial charge on any atom is -0.353 e. The monoisotopic (exact) mass is 345 g/mol. The molecular weight excluding hydrogens is 314 g/mol. The number of hydrogen-bond acceptors (Lipinski definition) is 2. The lowest BCUT2D eigenvalue weighted by molar-refractivity contribution is -0.141. The van der Waals surface area contributed by atoms with Crippen LogP contribution < -0.4 is 0 Å². The molecule has 25 heavy (non-hydrogen) atoms. The third kappa shape index (κ3) is 5.76. The summed E-state index contributed by atoms with van der Waals surface area (Å²) < 4.78 is 2.04. The van der Waals surface area contributed by atoms with Crippen LogP contribution in [0.25, 0.3) is 0 Å². The van der Waals surface area contributed by atoms with Crippen molar-refractivity contribution in [2.24, 2.45) is 12.5 Å². The number of rotatable bonds is 8. The molecule has 5 nitrogen and oxygen atoms in total. The summed E-state index contributed by atoms with van der Waals surface area (Å²) in [6.45, 7) is 11.0. The molecule has 0 unspecified atom stereocenters. The maximum Gasteiger partial charge on any atom is 0.242 e. The van der Waals surface area contributed by atoms with Crippen LogP contribution in [-0.2, 0) is 23.2 Å². The summed E-state index contributed by atoms with van der Waals surface area (Å²) in [5.41, 5.74) is 1.01. The fourth-order valence-corrected chi connectivity index (χ4v) is 2.87. The average molecular weight is 345 g/mol. The smallest absolute Gasteiger partial charge is 0.242 e. The predicted octanol–water partition coefficient (Wildman–Crippen LogP) is 2.97. The first-order chi connectivity index (χ1) is 11.7. The van der Waals surface area contributed by atoms with Crippen LogP contribution in [0.5, 0.6) is 0 Å². The second kappa shape index (κ2) is 7.89. The van der Waals surface area contributed by atoms with Gasteiger partial charge in [0.1, 0.15) is 6.54 Å². The lowest BCUT2D eigenvalue weighted by atomic mass is 9.91. The molecule has 1 aromatic rings. The SMILES string of the molecule is C=CCN(CC(=O)N(Cc1cccn1C)C1CC1)C(=O)CC(C)(C)C. The van der Waals surface area contributed by atoms with E-state index in [1.54, 1.807) is 11.0 Å². The molecule has 0 spiro atoms. The van der Waals surface area contributed by atoms with E-state index >= 15 is 0 Å². The van der Waals surface area contributed by atoms with E-state index in [1.165, 1.54) is 0 Å². The fraction of sp³-hybridized carbons (Fsp3) is 0.600. The molecule has 0 aliphatic heterocycles. The van der Waals surface area contributed by atoms with Crippen LogP contribution in [0.4, 0.5) is 0 Å². The number of carbonyl (C=O) groups excluding carboxylic acids is 2. The number of aromatic nitrogens is 1. The van der Waals surface area contributed by atoms with Crippen LogP contribution in [-0.4, -0.2) is 45.3 Å².